The van der Waals surface area contributed by atoms with E-state index in [0.717, 1.165) is 17.8 Å². The Labute approximate surface area is 704 Å². The van der Waals surface area contributed by atoms with Gasteiger partial charge in [0.1, 0.15) is 0 Å². The van der Waals surface area contributed by atoms with Crippen molar-refractivity contribution in [1.82, 2.24) is 0 Å². The standard InChI is InChI=1S/2C25H38S2.C19H26S2.C17H22S2.C13H14S2/c1-4-7-9-10-11-12-16-25(19-20(6-3)13-8-5-2)21-14-17-26-23(21)24-22(25)15-18-27-24;1-3-5-7-9-11-13-17-25(18-14-12-10-8-6-4-2)21-15-19-26-23(21)24-22(25)16-20-27-24;1-3-4-5-6-7-8-9-12-19(2)15-10-13-20-17(15)18-16(19)11-14-21-18;1-11(2)9-17(10-12(3)4)13-5-7-18-15(13)16-14(17)6-8-19-16;1-3-13(4-2)9-5-7-14-11(9)12-10(13)6-8-15-12/h14-15,17-18,20H,4-13,16,19H2,1-3H3;15-16,19-20H,3-14,17-18H2,1-2H3;10-11,13-14H,3-9,12H2,1-2H3;5-8,11-12H,9-10H2,1-4H3;5-8H,3-4H2,1-2H3. The van der Waals surface area contributed by atoms with Gasteiger partial charge in [0.2, 0.25) is 0 Å². The quantitative estimate of drug-likeness (QED) is 0.0335. The molecule has 0 saturated heterocycles. The minimum Gasteiger partial charge on any atom is -0.143 e. The number of hydrogen-bond donors (Lipinski definition) is 0. The third-order valence-electron chi connectivity index (χ3n) is 26.0. The van der Waals surface area contributed by atoms with Crippen LogP contribution in [0.15, 0.2) is 114 Å². The van der Waals surface area contributed by atoms with Gasteiger partial charge in [0.15, 0.2) is 0 Å². The molecule has 109 heavy (non-hydrogen) atoms. The van der Waals surface area contributed by atoms with Crippen LogP contribution in [0.5, 0.6) is 0 Å². The molecular weight excluding hydrogens is 1510 g/mol. The molecule has 594 valence electrons. The first-order chi connectivity index (χ1) is 53.2. The highest BCUT2D eigenvalue weighted by Crippen LogP contribution is 2.63. The molecular formula is C99H138S10. The van der Waals surface area contributed by atoms with Gasteiger partial charge in [-0.25, -0.2) is 0 Å². The molecule has 0 fully saturated rings. The Morgan fingerprint density at radius 2 is 0.468 bits per heavy atom. The van der Waals surface area contributed by atoms with Gasteiger partial charge in [0.05, 0.1) is 0 Å². The van der Waals surface area contributed by atoms with Crippen LogP contribution in [0.1, 0.15) is 390 Å². The monoisotopic (exact) mass is 1650 g/mol. The number of hydrogen-bond acceptors (Lipinski definition) is 10. The zero-order valence-electron chi connectivity index (χ0n) is 69.7. The summed E-state index contributed by atoms with van der Waals surface area (Å²) < 4.78 is 0. The zero-order chi connectivity index (χ0) is 76.9. The third-order valence-corrected chi connectivity index (χ3v) is 36.0. The van der Waals surface area contributed by atoms with Crippen molar-refractivity contribution in [1.29, 1.82) is 0 Å². The van der Waals surface area contributed by atoms with Gasteiger partial charge in [-0.2, -0.15) is 0 Å². The van der Waals surface area contributed by atoms with Crippen molar-refractivity contribution in [2.75, 3.05) is 0 Å². The van der Waals surface area contributed by atoms with Gasteiger partial charge in [0.25, 0.3) is 0 Å². The summed E-state index contributed by atoms with van der Waals surface area (Å²) >= 11 is 19.4. The van der Waals surface area contributed by atoms with E-state index in [1.807, 2.05) is 113 Å². The first kappa shape index (κ1) is 86.8. The van der Waals surface area contributed by atoms with Crippen molar-refractivity contribution < 1.29 is 0 Å². The van der Waals surface area contributed by atoms with Gasteiger partial charge in [-0.1, -0.05) is 276 Å². The highest BCUT2D eigenvalue weighted by molar-refractivity contribution is 7.23. The molecule has 0 radical (unpaired) electrons. The van der Waals surface area contributed by atoms with Crippen LogP contribution < -0.4 is 0 Å². The van der Waals surface area contributed by atoms with Crippen molar-refractivity contribution in [2.45, 2.75) is 361 Å². The predicted octanol–water partition coefficient (Wildman–Crippen LogP) is 37.3. The number of unbranched alkanes of at least 4 members (excludes halogenated alkanes) is 22. The fourth-order valence-corrected chi connectivity index (χ4v) is 31.4. The normalized spacial score (nSPS) is 15.4. The molecule has 0 saturated carbocycles. The van der Waals surface area contributed by atoms with Crippen molar-refractivity contribution in [2.24, 2.45) is 17.8 Å². The fourth-order valence-electron chi connectivity index (χ4n) is 20.4. The summed E-state index contributed by atoms with van der Waals surface area (Å²) in [7, 11) is 0. The van der Waals surface area contributed by atoms with Crippen molar-refractivity contribution in [3.05, 3.63) is 170 Å². The molecule has 5 aliphatic rings. The van der Waals surface area contributed by atoms with E-state index in [1.54, 1.807) is 94.7 Å². The van der Waals surface area contributed by atoms with Gasteiger partial charge in [-0.3, -0.25) is 0 Å². The van der Waals surface area contributed by atoms with Crippen LogP contribution in [-0.2, 0) is 27.1 Å². The Morgan fingerprint density at radius 3 is 0.743 bits per heavy atom. The lowest BCUT2D eigenvalue weighted by atomic mass is 9.68. The van der Waals surface area contributed by atoms with Crippen LogP contribution in [0, 0.1) is 17.8 Å². The Hall–Kier alpha value is -3.00. The number of thiophene rings is 10. The maximum atomic E-state index is 2.47. The smallest absolute Gasteiger partial charge is 0.0486 e. The maximum Gasteiger partial charge on any atom is 0.0486 e. The molecule has 10 aromatic heterocycles. The van der Waals surface area contributed by atoms with Crippen LogP contribution >= 0.6 is 113 Å². The molecule has 0 spiro atoms. The summed E-state index contributed by atoms with van der Waals surface area (Å²) in [6.07, 6.45) is 52.2. The molecule has 1 atom stereocenters. The van der Waals surface area contributed by atoms with E-state index in [-0.39, 0.29) is 10.8 Å². The SMILES string of the molecule is CC(C)CC1(CC(C)C)c2ccsc2-c2sccc21.CCC1(CC)c2ccsc2-c2sccc21.CCCCCCCCC1(CC(CC)CCCC)c2ccsc2-c2sccc21.CCCCCCCCC1(CCCCCCCC)c2ccsc2-c2sccc21.CCCCCCCCCC1(C)c2ccsc2-c2sccc21. The number of fused-ring (bicyclic) bond motifs is 15. The second-order valence-corrected chi connectivity index (χ2v) is 43.4. The second-order valence-electron chi connectivity index (χ2n) is 34.2. The summed E-state index contributed by atoms with van der Waals surface area (Å²) in [5.41, 5.74) is 17.8. The lowest BCUT2D eigenvalue weighted by molar-refractivity contribution is 0.311. The summed E-state index contributed by atoms with van der Waals surface area (Å²) in [4.78, 5) is 15.6. The molecule has 0 nitrogen and oxygen atoms in total. The van der Waals surface area contributed by atoms with Crippen molar-refractivity contribution in [3.63, 3.8) is 0 Å². The molecule has 0 N–H and O–H groups in total. The van der Waals surface area contributed by atoms with E-state index in [4.69, 9.17) is 0 Å². The predicted molar refractivity (Wildman–Crippen MR) is 502 cm³/mol. The van der Waals surface area contributed by atoms with E-state index >= 15 is 0 Å². The Bertz CT molecular complexity index is 3980. The first-order valence-electron chi connectivity index (χ1n) is 44.1. The lowest BCUT2D eigenvalue weighted by Crippen LogP contribution is -2.28. The van der Waals surface area contributed by atoms with Gasteiger partial charge < -0.3 is 0 Å². The molecule has 15 rings (SSSR count). The van der Waals surface area contributed by atoms with Gasteiger partial charge >= 0.3 is 0 Å². The topological polar surface area (TPSA) is 0 Å². The van der Waals surface area contributed by atoms with Crippen LogP contribution in [-0.4, -0.2) is 0 Å². The average Bonchev–Trinajstić information content (AvgIpc) is 1.61. The van der Waals surface area contributed by atoms with E-state index in [9.17, 15) is 0 Å². The van der Waals surface area contributed by atoms with Crippen LogP contribution in [0.2, 0.25) is 0 Å². The van der Waals surface area contributed by atoms with Gasteiger partial charge in [-0.05, 0) is 246 Å². The highest BCUT2D eigenvalue weighted by atomic mass is 32.1. The maximum absolute atomic E-state index is 2.47. The summed E-state index contributed by atoms with van der Waals surface area (Å²) in [5, 5.41) is 23.0. The van der Waals surface area contributed by atoms with Crippen molar-refractivity contribution in [3.8, 4) is 48.8 Å². The minimum absolute atomic E-state index is 0.285. The van der Waals surface area contributed by atoms with Crippen LogP contribution in [0.3, 0.4) is 0 Å². The molecule has 10 aromatic rings. The first-order valence-corrected chi connectivity index (χ1v) is 52.9. The van der Waals surface area contributed by atoms with E-state index in [0.29, 0.717) is 16.2 Å². The molecule has 0 bridgehead atoms. The third kappa shape index (κ3) is 19.2. The Kier molecular flexibility index (Phi) is 33.6. The summed E-state index contributed by atoms with van der Waals surface area (Å²) in [5.74, 6) is 2.33. The minimum atomic E-state index is 0.285. The highest BCUT2D eigenvalue weighted by Gasteiger charge is 2.49. The molecule has 0 aliphatic heterocycles. The van der Waals surface area contributed by atoms with Crippen LogP contribution in [0.4, 0.5) is 0 Å². The fraction of sp³-hybridized carbons (Fsp3) is 0.596. The van der Waals surface area contributed by atoms with E-state index in [2.05, 4.69) is 204 Å². The molecule has 10 heterocycles. The molecule has 1 unspecified atom stereocenters. The summed E-state index contributed by atoms with van der Waals surface area (Å²) in [6.45, 7) is 30.5. The average molecular weight is 1650 g/mol. The Morgan fingerprint density at radius 1 is 0.239 bits per heavy atom. The molecule has 10 heteroatoms. The second kappa shape index (κ2) is 42.2. The Balaban J connectivity index is 0.000000137. The molecule has 0 aromatic carbocycles. The number of rotatable bonds is 41. The van der Waals surface area contributed by atoms with Crippen molar-refractivity contribution >= 4 is 113 Å². The molecule has 0 amide bonds. The summed E-state index contributed by atoms with van der Waals surface area (Å²) in [6, 6.07) is 24.0. The zero-order valence-corrected chi connectivity index (χ0v) is 77.9. The van der Waals surface area contributed by atoms with E-state index in [1.165, 1.54) is 254 Å². The lowest BCUT2D eigenvalue weighted by Gasteiger charge is -2.35. The van der Waals surface area contributed by atoms with E-state index < -0.39 is 0 Å². The molecule has 5 aliphatic carbocycles. The van der Waals surface area contributed by atoms with Crippen LogP contribution in [0.25, 0.3) is 48.8 Å². The largest absolute Gasteiger partial charge is 0.143 e. The van der Waals surface area contributed by atoms with Gasteiger partial charge in [0, 0.05) is 75.8 Å². The van der Waals surface area contributed by atoms with Gasteiger partial charge in [-0.15, -0.1) is 113 Å².